The van der Waals surface area contributed by atoms with Gasteiger partial charge in [-0.1, -0.05) is 12.1 Å². The Labute approximate surface area is 154 Å². The van der Waals surface area contributed by atoms with Crippen LogP contribution in [0.25, 0.3) is 10.9 Å². The van der Waals surface area contributed by atoms with Gasteiger partial charge in [0, 0.05) is 41.4 Å². The van der Waals surface area contributed by atoms with Gasteiger partial charge in [-0.15, -0.1) is 0 Å². The first-order chi connectivity index (χ1) is 12.9. The lowest BCUT2D eigenvalue weighted by Crippen LogP contribution is -2.29. The zero-order valence-corrected chi connectivity index (χ0v) is 14.5. The minimum Gasteiger partial charge on any atom is -0.371 e. The lowest BCUT2D eigenvalue weighted by Gasteiger charge is -2.28. The fraction of sp³-hybridized carbons (Fsp3) is 0.300. The summed E-state index contributed by atoms with van der Waals surface area (Å²) < 4.78 is 38.6. The first-order valence-corrected chi connectivity index (χ1v) is 8.88. The predicted molar refractivity (Wildman–Crippen MR) is 97.0 cm³/mol. The maximum absolute atomic E-state index is 12.9. The number of alkyl halides is 3. The molecule has 4 rings (SSSR count). The van der Waals surface area contributed by atoms with E-state index in [9.17, 15) is 18.0 Å². The van der Waals surface area contributed by atoms with Gasteiger partial charge in [0.25, 0.3) is 0 Å². The Hall–Kier alpha value is -2.83. The van der Waals surface area contributed by atoms with Crippen LogP contribution in [0.4, 0.5) is 18.9 Å². The molecule has 0 bridgehead atoms. The number of nitrogens with zero attached hydrogens (tertiary/aromatic N) is 2. The molecule has 4 nitrogen and oxygen atoms in total. The monoisotopic (exact) mass is 373 g/mol. The van der Waals surface area contributed by atoms with Crippen LogP contribution in [-0.4, -0.2) is 28.8 Å². The van der Waals surface area contributed by atoms with Gasteiger partial charge < -0.3 is 9.88 Å². The number of aromatic amines is 1. The standard InChI is InChI=1S/C20H18F3N3O/c21-20(22,23)18-6-4-5-16(25-18)19(27)15-12-24-17-11-13(7-8-14(15)17)26-9-2-1-3-10-26/h4-8,11-12,24H,1-3,9-10H2. The van der Waals surface area contributed by atoms with Crippen LogP contribution in [0.15, 0.2) is 42.6 Å². The van der Waals surface area contributed by atoms with Crippen LogP contribution in [0.1, 0.15) is 41.0 Å². The number of H-pyrrole nitrogens is 1. The van der Waals surface area contributed by atoms with Crippen molar-refractivity contribution >= 4 is 22.4 Å². The number of piperidine rings is 1. The van der Waals surface area contributed by atoms with Crippen molar-refractivity contribution in [2.75, 3.05) is 18.0 Å². The molecule has 1 fully saturated rings. The number of carbonyl (C=O) groups is 1. The van der Waals surface area contributed by atoms with Crippen molar-refractivity contribution in [1.82, 2.24) is 9.97 Å². The summed E-state index contributed by atoms with van der Waals surface area (Å²) in [5.74, 6) is -0.530. The number of aromatic nitrogens is 2. The van der Waals surface area contributed by atoms with Crippen LogP contribution >= 0.6 is 0 Å². The molecule has 7 heteroatoms. The second-order valence-electron chi connectivity index (χ2n) is 6.71. The summed E-state index contributed by atoms with van der Waals surface area (Å²) in [5.41, 5.74) is 0.905. The van der Waals surface area contributed by atoms with Crippen LogP contribution in [0, 0.1) is 0 Å². The smallest absolute Gasteiger partial charge is 0.371 e. The van der Waals surface area contributed by atoms with Crippen LogP contribution in [-0.2, 0) is 6.18 Å². The molecule has 140 valence electrons. The number of fused-ring (bicyclic) bond motifs is 1. The molecule has 0 atom stereocenters. The lowest BCUT2D eigenvalue weighted by atomic mass is 10.0. The van der Waals surface area contributed by atoms with Gasteiger partial charge in [0.15, 0.2) is 0 Å². The second-order valence-corrected chi connectivity index (χ2v) is 6.71. The van der Waals surface area contributed by atoms with Crippen molar-refractivity contribution in [3.8, 4) is 0 Å². The second kappa shape index (κ2) is 6.72. The molecule has 0 amide bonds. The van der Waals surface area contributed by atoms with Gasteiger partial charge in [0.05, 0.1) is 0 Å². The van der Waals surface area contributed by atoms with E-state index in [2.05, 4.69) is 14.9 Å². The van der Waals surface area contributed by atoms with Crippen molar-refractivity contribution in [2.24, 2.45) is 0 Å². The minimum absolute atomic E-state index is 0.217. The van der Waals surface area contributed by atoms with Gasteiger partial charge >= 0.3 is 6.18 Å². The van der Waals surface area contributed by atoms with Gasteiger partial charge in [-0.2, -0.15) is 13.2 Å². The molecule has 1 aliphatic heterocycles. The summed E-state index contributed by atoms with van der Waals surface area (Å²) in [4.78, 5) is 21.6. The average molecular weight is 373 g/mol. The molecule has 27 heavy (non-hydrogen) atoms. The van der Waals surface area contributed by atoms with Crippen molar-refractivity contribution in [1.29, 1.82) is 0 Å². The van der Waals surface area contributed by atoms with E-state index in [1.54, 1.807) is 0 Å². The predicted octanol–water partition coefficient (Wildman–Crippen LogP) is 4.80. The molecular formula is C20H18F3N3O. The van der Waals surface area contributed by atoms with E-state index in [-0.39, 0.29) is 5.69 Å². The number of benzene rings is 1. The Morgan fingerprint density at radius 3 is 2.59 bits per heavy atom. The van der Waals surface area contributed by atoms with Gasteiger partial charge in [-0.25, -0.2) is 4.98 Å². The third-order valence-electron chi connectivity index (χ3n) is 4.90. The number of anilines is 1. The van der Waals surface area contributed by atoms with Crippen LogP contribution in [0.2, 0.25) is 0 Å². The molecule has 3 heterocycles. The number of carbonyl (C=O) groups excluding carboxylic acids is 1. The molecule has 1 aliphatic rings. The van der Waals surface area contributed by atoms with Gasteiger partial charge in [0.2, 0.25) is 5.78 Å². The molecule has 1 saturated heterocycles. The third-order valence-corrected chi connectivity index (χ3v) is 4.90. The highest BCUT2D eigenvalue weighted by atomic mass is 19.4. The molecule has 1 N–H and O–H groups in total. The lowest BCUT2D eigenvalue weighted by molar-refractivity contribution is -0.141. The van der Waals surface area contributed by atoms with Gasteiger partial charge in [-0.3, -0.25) is 4.79 Å². The summed E-state index contributed by atoms with van der Waals surface area (Å²) in [7, 11) is 0. The largest absolute Gasteiger partial charge is 0.433 e. The number of ketones is 1. The Kier molecular flexibility index (Phi) is 4.37. The summed E-state index contributed by atoms with van der Waals surface area (Å²) >= 11 is 0. The summed E-state index contributed by atoms with van der Waals surface area (Å²) in [5, 5.41) is 0.681. The average Bonchev–Trinajstić information content (AvgIpc) is 3.11. The van der Waals surface area contributed by atoms with Crippen molar-refractivity contribution in [2.45, 2.75) is 25.4 Å². The normalized spacial score (nSPS) is 15.3. The van der Waals surface area contributed by atoms with Gasteiger partial charge in [0.1, 0.15) is 11.4 Å². The molecule has 0 saturated carbocycles. The van der Waals surface area contributed by atoms with E-state index in [0.717, 1.165) is 43.2 Å². The number of hydrogen-bond acceptors (Lipinski definition) is 3. The van der Waals surface area contributed by atoms with Crippen molar-refractivity contribution in [3.05, 3.63) is 59.5 Å². The van der Waals surface area contributed by atoms with E-state index in [4.69, 9.17) is 0 Å². The summed E-state index contributed by atoms with van der Waals surface area (Å²) in [6.45, 7) is 2.01. The quantitative estimate of drug-likeness (QED) is 0.671. The number of hydrogen-bond donors (Lipinski definition) is 1. The topological polar surface area (TPSA) is 49.0 Å². The van der Waals surface area contributed by atoms with Gasteiger partial charge in [-0.05, 0) is 43.5 Å². The van der Waals surface area contributed by atoms with Crippen LogP contribution in [0.5, 0.6) is 0 Å². The molecule has 0 radical (unpaired) electrons. The fourth-order valence-corrected chi connectivity index (χ4v) is 3.51. The molecule has 2 aromatic heterocycles. The highest BCUT2D eigenvalue weighted by molar-refractivity contribution is 6.15. The number of pyridine rings is 1. The van der Waals surface area contributed by atoms with E-state index in [0.29, 0.717) is 10.9 Å². The third kappa shape index (κ3) is 3.41. The minimum atomic E-state index is -4.58. The Balaban J connectivity index is 1.67. The van der Waals surface area contributed by atoms with Crippen molar-refractivity contribution in [3.63, 3.8) is 0 Å². The summed E-state index contributed by atoms with van der Waals surface area (Å²) in [6, 6.07) is 9.15. The molecular weight excluding hydrogens is 355 g/mol. The fourth-order valence-electron chi connectivity index (χ4n) is 3.51. The molecule has 0 aliphatic carbocycles. The van der Waals surface area contributed by atoms with Crippen LogP contribution < -0.4 is 4.90 Å². The maximum atomic E-state index is 12.9. The molecule has 0 unspecified atom stereocenters. The SMILES string of the molecule is O=C(c1cccc(C(F)(F)F)n1)c1c[nH]c2cc(N3CCCCC3)ccc12. The number of nitrogens with one attached hydrogen (secondary N) is 1. The molecule has 3 aromatic rings. The Bertz CT molecular complexity index is 988. The summed E-state index contributed by atoms with van der Waals surface area (Å²) in [6.07, 6.45) is 0.514. The molecule has 0 spiro atoms. The highest BCUT2D eigenvalue weighted by Gasteiger charge is 2.33. The highest BCUT2D eigenvalue weighted by Crippen LogP contribution is 2.29. The molecule has 1 aromatic carbocycles. The Morgan fingerprint density at radius 1 is 1.07 bits per heavy atom. The van der Waals surface area contributed by atoms with Crippen molar-refractivity contribution < 1.29 is 18.0 Å². The number of rotatable bonds is 3. The zero-order chi connectivity index (χ0) is 19.0. The number of halogens is 3. The maximum Gasteiger partial charge on any atom is 0.433 e. The first kappa shape index (κ1) is 17.6. The van der Waals surface area contributed by atoms with Crippen LogP contribution in [0.3, 0.4) is 0 Å². The first-order valence-electron chi connectivity index (χ1n) is 8.88. The van der Waals surface area contributed by atoms with E-state index >= 15 is 0 Å². The zero-order valence-electron chi connectivity index (χ0n) is 14.5. The van der Waals surface area contributed by atoms with E-state index in [1.807, 2.05) is 18.2 Å². The van der Waals surface area contributed by atoms with E-state index < -0.39 is 17.7 Å². The van der Waals surface area contributed by atoms with E-state index in [1.165, 1.54) is 24.8 Å². The Morgan fingerprint density at radius 2 is 1.85 bits per heavy atom.